The number of nitrogens with zero attached hydrogens (tertiary/aromatic N) is 3. The Morgan fingerprint density at radius 1 is 1.27 bits per heavy atom. The lowest BCUT2D eigenvalue weighted by atomic mass is 10.1. The third-order valence-electron chi connectivity index (χ3n) is 3.92. The minimum absolute atomic E-state index is 0.133. The van der Waals surface area contributed by atoms with Crippen molar-refractivity contribution in [1.29, 1.82) is 0 Å². The molecule has 1 saturated heterocycles. The highest BCUT2D eigenvalue weighted by Gasteiger charge is 2.18. The van der Waals surface area contributed by atoms with Gasteiger partial charge in [-0.2, -0.15) is 0 Å². The van der Waals surface area contributed by atoms with Gasteiger partial charge in [0.15, 0.2) is 15.7 Å². The number of anilines is 3. The van der Waals surface area contributed by atoms with Crippen molar-refractivity contribution in [3.05, 3.63) is 30.0 Å². The monoisotopic (exact) mass is 489 g/mol. The molecule has 0 atom stereocenters. The van der Waals surface area contributed by atoms with E-state index >= 15 is 0 Å². The molecule has 1 aromatic heterocycles. The molecule has 0 spiro atoms. The number of hydrogen-bond donors (Lipinski definition) is 2. The van der Waals surface area contributed by atoms with Crippen LogP contribution in [0.4, 0.5) is 17.2 Å². The minimum atomic E-state index is -3.21. The van der Waals surface area contributed by atoms with Crippen molar-refractivity contribution in [1.82, 2.24) is 9.97 Å². The Morgan fingerprint density at radius 2 is 2.00 bits per heavy atom. The molecule has 8 nitrogen and oxygen atoms in total. The van der Waals surface area contributed by atoms with Gasteiger partial charge in [-0.25, -0.2) is 18.4 Å². The molecule has 0 amide bonds. The van der Waals surface area contributed by atoms with Gasteiger partial charge in [-0.05, 0) is 18.2 Å². The largest absolute Gasteiger partial charge is 0.397 e. The molecule has 0 saturated carbocycles. The van der Waals surface area contributed by atoms with Gasteiger partial charge >= 0.3 is 0 Å². The fraction of sp³-hybridized carbons (Fsp3) is 0.375. The average Bonchev–Trinajstić information content (AvgIpc) is 2.61. The molecular formula is C16H20IN5O3S. The summed E-state index contributed by atoms with van der Waals surface area (Å²) < 4.78 is 31.9. The van der Waals surface area contributed by atoms with E-state index in [0.717, 1.165) is 11.3 Å². The Hall–Kier alpha value is -1.66. The summed E-state index contributed by atoms with van der Waals surface area (Å²) in [6.45, 7) is 2.64. The number of nitrogen functional groups attached to an aromatic ring is 1. The molecule has 140 valence electrons. The van der Waals surface area contributed by atoms with Crippen molar-refractivity contribution < 1.29 is 13.2 Å². The molecule has 2 aromatic rings. The maximum atomic E-state index is 11.8. The highest BCUT2D eigenvalue weighted by Crippen LogP contribution is 2.28. The quantitative estimate of drug-likeness (QED) is 0.372. The summed E-state index contributed by atoms with van der Waals surface area (Å²) in [5.74, 6) is 1.05. The second-order valence-corrected chi connectivity index (χ2v) is 8.79. The number of halogens is 1. The molecule has 2 heterocycles. The zero-order valence-electron chi connectivity index (χ0n) is 14.3. The first-order valence-corrected chi connectivity index (χ1v) is 11.1. The Balaban J connectivity index is 2.06. The summed E-state index contributed by atoms with van der Waals surface area (Å²) in [7, 11) is -3.21. The number of rotatable bonds is 5. The van der Waals surface area contributed by atoms with Crippen LogP contribution in [-0.2, 0) is 20.3 Å². The van der Waals surface area contributed by atoms with Crippen LogP contribution in [0.15, 0.2) is 24.3 Å². The second-order valence-electron chi connectivity index (χ2n) is 6.11. The van der Waals surface area contributed by atoms with E-state index in [4.69, 9.17) is 10.5 Å². The maximum Gasteiger partial charge on any atom is 0.161 e. The lowest BCUT2D eigenvalue weighted by Crippen LogP contribution is -2.37. The van der Waals surface area contributed by atoms with Crippen molar-refractivity contribution in [2.45, 2.75) is 5.75 Å². The van der Waals surface area contributed by atoms with Crippen LogP contribution in [0.1, 0.15) is 5.69 Å². The summed E-state index contributed by atoms with van der Waals surface area (Å²) in [4.78, 5) is 11.2. The van der Waals surface area contributed by atoms with Crippen LogP contribution >= 0.6 is 22.9 Å². The number of nitrogens with two attached hydrogens (primary N) is 1. The molecule has 0 aliphatic carbocycles. The van der Waals surface area contributed by atoms with E-state index in [2.05, 4.69) is 18.4 Å². The molecule has 1 aliphatic heterocycles. The van der Waals surface area contributed by atoms with E-state index in [0.29, 0.717) is 49.3 Å². The lowest BCUT2D eigenvalue weighted by Gasteiger charge is -2.28. The Kier molecular flexibility index (Phi) is 5.82. The maximum absolute atomic E-state index is 11.8. The number of sulfone groups is 1. The highest BCUT2D eigenvalue weighted by molar-refractivity contribution is 14.1. The van der Waals surface area contributed by atoms with Crippen LogP contribution in [0.3, 0.4) is 0 Å². The van der Waals surface area contributed by atoms with E-state index in [1.807, 2.05) is 35.0 Å². The fourth-order valence-corrected chi connectivity index (χ4v) is 3.84. The molecule has 0 bridgehead atoms. The van der Waals surface area contributed by atoms with Crippen LogP contribution < -0.4 is 14.2 Å². The van der Waals surface area contributed by atoms with Gasteiger partial charge in [0.05, 0.1) is 58.9 Å². The first kappa shape index (κ1) is 19.1. The first-order valence-electron chi connectivity index (χ1n) is 8.00. The summed E-state index contributed by atoms with van der Waals surface area (Å²) in [6.07, 6.45) is 1.20. The normalized spacial score (nSPS) is 15.1. The molecule has 26 heavy (non-hydrogen) atoms. The van der Waals surface area contributed by atoms with Crippen LogP contribution in [0, 0.1) is 0 Å². The number of ether oxygens (including phenoxy) is 1. The van der Waals surface area contributed by atoms with Crippen LogP contribution in [0.2, 0.25) is 0 Å². The van der Waals surface area contributed by atoms with Crippen LogP contribution in [0.25, 0.3) is 11.4 Å². The van der Waals surface area contributed by atoms with Crippen molar-refractivity contribution in [3.63, 3.8) is 0 Å². The highest BCUT2D eigenvalue weighted by atomic mass is 127. The SMILES string of the molecule is CS(=O)(=O)Cc1cc(N2CCOCC2)nc(-c2ccc(N)c(NI)c2)n1. The van der Waals surface area contributed by atoms with Crippen molar-refractivity contribution in [2.24, 2.45) is 0 Å². The minimum Gasteiger partial charge on any atom is -0.397 e. The fourth-order valence-electron chi connectivity index (χ4n) is 2.69. The third-order valence-corrected chi connectivity index (χ3v) is 5.33. The summed E-state index contributed by atoms with van der Waals surface area (Å²) in [5, 5.41) is 0. The lowest BCUT2D eigenvalue weighted by molar-refractivity contribution is 0.122. The molecule has 10 heteroatoms. The summed E-state index contributed by atoms with van der Waals surface area (Å²) >= 11 is 2.01. The molecule has 0 unspecified atom stereocenters. The van der Waals surface area contributed by atoms with E-state index in [1.165, 1.54) is 6.26 Å². The second kappa shape index (κ2) is 7.92. The van der Waals surface area contributed by atoms with Gasteiger partial charge in [-0.15, -0.1) is 0 Å². The summed E-state index contributed by atoms with van der Waals surface area (Å²) in [5.41, 5.74) is 8.54. The molecule has 0 radical (unpaired) electrons. The van der Waals surface area contributed by atoms with Gasteiger partial charge in [0.2, 0.25) is 0 Å². The molecule has 3 rings (SSSR count). The summed E-state index contributed by atoms with van der Waals surface area (Å²) in [6, 6.07) is 7.20. The average molecular weight is 489 g/mol. The molecule has 1 aliphatic rings. The predicted molar refractivity (Wildman–Crippen MR) is 111 cm³/mol. The van der Waals surface area contributed by atoms with E-state index in [9.17, 15) is 8.42 Å². The van der Waals surface area contributed by atoms with Crippen molar-refractivity contribution in [3.8, 4) is 11.4 Å². The van der Waals surface area contributed by atoms with Gasteiger partial charge in [0.1, 0.15) is 5.82 Å². The molecule has 1 aromatic carbocycles. The van der Waals surface area contributed by atoms with E-state index in [-0.39, 0.29) is 5.75 Å². The van der Waals surface area contributed by atoms with Gasteiger partial charge in [-0.1, -0.05) is 0 Å². The number of morpholine rings is 1. The Morgan fingerprint density at radius 3 is 2.65 bits per heavy atom. The number of benzene rings is 1. The standard InChI is InChI=1S/C16H20IN5O3S/c1-26(23,24)10-12-9-15(22-4-6-25-7-5-22)20-16(19-12)11-2-3-13(18)14(8-11)21-17/h2-3,8-9,21H,4-7,10,18H2,1H3. The van der Waals surface area contributed by atoms with Crippen molar-refractivity contribution in [2.75, 3.05) is 46.7 Å². The zero-order valence-corrected chi connectivity index (χ0v) is 17.2. The predicted octanol–water partition coefficient (Wildman–Crippen LogP) is 1.87. The van der Waals surface area contributed by atoms with Crippen molar-refractivity contribution >= 4 is 49.9 Å². The Bertz CT molecular complexity index is 901. The van der Waals surface area contributed by atoms with Crippen LogP contribution in [0.5, 0.6) is 0 Å². The smallest absolute Gasteiger partial charge is 0.161 e. The molecular weight excluding hydrogens is 469 g/mol. The van der Waals surface area contributed by atoms with E-state index < -0.39 is 9.84 Å². The topological polar surface area (TPSA) is 110 Å². The zero-order chi connectivity index (χ0) is 18.7. The number of nitrogens with one attached hydrogen (secondary N) is 1. The molecule has 3 N–H and O–H groups in total. The number of aromatic nitrogens is 2. The van der Waals surface area contributed by atoms with Gasteiger partial charge in [-0.3, -0.25) is 0 Å². The third kappa shape index (κ3) is 4.74. The van der Waals surface area contributed by atoms with E-state index in [1.54, 1.807) is 12.1 Å². The first-order chi connectivity index (χ1) is 12.4. The van der Waals surface area contributed by atoms with Crippen LogP contribution in [-0.4, -0.2) is 50.9 Å². The molecule has 1 fully saturated rings. The van der Waals surface area contributed by atoms with Gasteiger partial charge in [0, 0.05) is 31.0 Å². The number of hydrogen-bond acceptors (Lipinski definition) is 8. The van der Waals surface area contributed by atoms with Gasteiger partial charge in [0.25, 0.3) is 0 Å². The van der Waals surface area contributed by atoms with Gasteiger partial charge < -0.3 is 18.9 Å². The Labute approximate surface area is 166 Å².